The Morgan fingerprint density at radius 3 is 3.00 bits per heavy atom. The number of hydrogen-bond acceptors (Lipinski definition) is 5. The lowest BCUT2D eigenvalue weighted by atomic mass is 10.1. The number of hydrogen-bond donors (Lipinski definition) is 1. The maximum absolute atomic E-state index is 13.1. The highest BCUT2D eigenvalue weighted by molar-refractivity contribution is 7.89. The zero-order valence-electron chi connectivity index (χ0n) is 12.0. The van der Waals surface area contributed by atoms with Crippen molar-refractivity contribution in [3.63, 3.8) is 0 Å². The summed E-state index contributed by atoms with van der Waals surface area (Å²) in [6.45, 7) is 2.61. The molecular weight excluding hydrogens is 308 g/mol. The van der Waals surface area contributed by atoms with E-state index < -0.39 is 10.0 Å². The van der Waals surface area contributed by atoms with E-state index in [-0.39, 0.29) is 16.9 Å². The third-order valence-corrected chi connectivity index (χ3v) is 6.84. The molecule has 116 valence electrons. The first-order valence-corrected chi connectivity index (χ1v) is 9.60. The Morgan fingerprint density at radius 1 is 1.43 bits per heavy atom. The second kappa shape index (κ2) is 5.58. The van der Waals surface area contributed by atoms with Gasteiger partial charge in [-0.1, -0.05) is 19.8 Å². The summed E-state index contributed by atoms with van der Waals surface area (Å²) in [7, 11) is -3.62. The fraction of sp³-hybridized carbons (Fsp3) is 0.615. The number of aromatic nitrogens is 2. The summed E-state index contributed by atoms with van der Waals surface area (Å²) in [5, 5.41) is 1.94. The number of anilines is 1. The van der Waals surface area contributed by atoms with Crippen LogP contribution in [-0.4, -0.2) is 34.7 Å². The van der Waals surface area contributed by atoms with Crippen molar-refractivity contribution in [2.75, 3.05) is 12.3 Å². The van der Waals surface area contributed by atoms with Crippen LogP contribution in [0.1, 0.15) is 39.0 Å². The molecule has 2 aromatic rings. The van der Waals surface area contributed by atoms with Crippen molar-refractivity contribution in [3.05, 3.63) is 11.6 Å². The van der Waals surface area contributed by atoms with Gasteiger partial charge in [-0.25, -0.2) is 13.4 Å². The number of rotatable bonds is 3. The monoisotopic (exact) mass is 328 g/mol. The van der Waals surface area contributed by atoms with Crippen LogP contribution >= 0.6 is 11.3 Å². The molecule has 6 nitrogen and oxygen atoms in total. The predicted molar refractivity (Wildman–Crippen MR) is 83.9 cm³/mol. The average Bonchev–Trinajstić information content (AvgIpc) is 2.88. The summed E-state index contributed by atoms with van der Waals surface area (Å²) in [6, 6.07) is 0.0566. The predicted octanol–water partition coefficient (Wildman–Crippen LogP) is 2.32. The minimum atomic E-state index is -3.62. The van der Waals surface area contributed by atoms with E-state index in [1.807, 2.05) is 12.3 Å². The van der Waals surface area contributed by atoms with Crippen LogP contribution in [0.3, 0.4) is 0 Å². The van der Waals surface area contributed by atoms with Gasteiger partial charge < -0.3 is 5.73 Å². The second-order valence-electron chi connectivity index (χ2n) is 5.38. The highest BCUT2D eigenvalue weighted by Crippen LogP contribution is 2.30. The molecule has 0 radical (unpaired) electrons. The number of thiazole rings is 1. The lowest BCUT2D eigenvalue weighted by Gasteiger charge is -2.28. The zero-order chi connectivity index (χ0) is 15.0. The van der Waals surface area contributed by atoms with E-state index in [0.717, 1.165) is 32.1 Å². The van der Waals surface area contributed by atoms with Crippen LogP contribution in [0.25, 0.3) is 4.96 Å². The molecule has 3 rings (SSSR count). The Labute approximate surface area is 128 Å². The molecular formula is C13H20N4O2S2. The van der Waals surface area contributed by atoms with Gasteiger partial charge in [0.2, 0.25) is 0 Å². The van der Waals surface area contributed by atoms with Crippen molar-refractivity contribution < 1.29 is 8.42 Å². The van der Waals surface area contributed by atoms with Gasteiger partial charge in [0.05, 0.1) is 0 Å². The van der Waals surface area contributed by atoms with Crippen LogP contribution in [0.2, 0.25) is 0 Å². The fourth-order valence-electron chi connectivity index (χ4n) is 3.02. The summed E-state index contributed by atoms with van der Waals surface area (Å²) in [5.74, 6) is 0.0981. The van der Waals surface area contributed by atoms with E-state index in [1.54, 1.807) is 14.9 Å². The standard InChI is InChI=1S/C13H20N4O2S2/c1-2-10-6-4-3-5-7-17(10)21(18,19)12-11(14)15-13-16(12)8-9-20-13/h8-10H,2-7,14H2,1H3. The van der Waals surface area contributed by atoms with Crippen LogP contribution in [0.5, 0.6) is 0 Å². The topological polar surface area (TPSA) is 80.7 Å². The summed E-state index contributed by atoms with van der Waals surface area (Å²) in [6.07, 6.45) is 6.53. The lowest BCUT2D eigenvalue weighted by Crippen LogP contribution is -2.40. The molecule has 2 aromatic heterocycles. The molecule has 1 saturated heterocycles. The molecule has 0 aromatic carbocycles. The molecule has 0 amide bonds. The van der Waals surface area contributed by atoms with Crippen molar-refractivity contribution in [2.24, 2.45) is 0 Å². The fourth-order valence-corrected chi connectivity index (χ4v) is 5.75. The molecule has 3 heterocycles. The Morgan fingerprint density at radius 2 is 2.24 bits per heavy atom. The largest absolute Gasteiger partial charge is 0.381 e. The lowest BCUT2D eigenvalue weighted by molar-refractivity contribution is 0.314. The second-order valence-corrected chi connectivity index (χ2v) is 8.06. The molecule has 2 N–H and O–H groups in total. The van der Waals surface area contributed by atoms with Gasteiger partial charge in [-0.15, -0.1) is 11.3 Å². The van der Waals surface area contributed by atoms with Crippen molar-refractivity contribution in [1.29, 1.82) is 0 Å². The number of nitrogens with zero attached hydrogens (tertiary/aromatic N) is 3. The van der Waals surface area contributed by atoms with E-state index in [2.05, 4.69) is 4.98 Å². The third kappa shape index (κ3) is 2.45. The van der Waals surface area contributed by atoms with Gasteiger partial charge >= 0.3 is 0 Å². The number of fused-ring (bicyclic) bond motifs is 1. The van der Waals surface area contributed by atoms with E-state index in [1.165, 1.54) is 11.3 Å². The molecule has 1 unspecified atom stereocenters. The molecule has 1 fully saturated rings. The molecule has 21 heavy (non-hydrogen) atoms. The SMILES string of the molecule is CCC1CCCCCN1S(=O)(=O)c1c(N)nc2sccn12. The van der Waals surface area contributed by atoms with Crippen molar-refractivity contribution in [2.45, 2.75) is 50.1 Å². The molecule has 1 aliphatic heterocycles. The summed E-state index contributed by atoms with van der Waals surface area (Å²) >= 11 is 1.38. The van der Waals surface area contributed by atoms with Gasteiger partial charge in [-0.3, -0.25) is 4.40 Å². The highest BCUT2D eigenvalue weighted by atomic mass is 32.2. The third-order valence-electron chi connectivity index (χ3n) is 4.09. The molecule has 0 saturated carbocycles. The van der Waals surface area contributed by atoms with Gasteiger partial charge in [0.25, 0.3) is 10.0 Å². The maximum Gasteiger partial charge on any atom is 0.263 e. The first-order valence-electron chi connectivity index (χ1n) is 7.28. The minimum Gasteiger partial charge on any atom is -0.381 e. The zero-order valence-corrected chi connectivity index (χ0v) is 13.7. The Balaban J connectivity index is 2.10. The van der Waals surface area contributed by atoms with Crippen LogP contribution < -0.4 is 5.73 Å². The van der Waals surface area contributed by atoms with Gasteiger partial charge in [-0.05, 0) is 19.3 Å². The normalized spacial score (nSPS) is 21.7. The molecule has 0 spiro atoms. The van der Waals surface area contributed by atoms with E-state index >= 15 is 0 Å². The van der Waals surface area contributed by atoms with E-state index in [9.17, 15) is 8.42 Å². The number of nitrogen functional groups attached to an aromatic ring is 1. The molecule has 1 aliphatic rings. The highest BCUT2D eigenvalue weighted by Gasteiger charge is 2.35. The number of nitrogens with two attached hydrogens (primary N) is 1. The summed E-state index contributed by atoms with van der Waals surface area (Å²) in [5.41, 5.74) is 5.89. The van der Waals surface area contributed by atoms with Crippen LogP contribution in [0, 0.1) is 0 Å². The van der Waals surface area contributed by atoms with Gasteiger partial charge in [0, 0.05) is 24.2 Å². The first-order chi connectivity index (χ1) is 10.1. The minimum absolute atomic E-state index is 0.0566. The number of imidazole rings is 1. The van der Waals surface area contributed by atoms with Crippen molar-refractivity contribution >= 4 is 32.1 Å². The van der Waals surface area contributed by atoms with Crippen LogP contribution in [0.4, 0.5) is 5.82 Å². The Bertz CT molecular complexity index is 735. The molecule has 0 aliphatic carbocycles. The summed E-state index contributed by atoms with van der Waals surface area (Å²) < 4.78 is 29.4. The maximum atomic E-state index is 13.1. The van der Waals surface area contributed by atoms with Gasteiger partial charge in [0.1, 0.15) is 0 Å². The Hall–Kier alpha value is -1.12. The molecule has 0 bridgehead atoms. The molecule has 1 atom stereocenters. The first kappa shape index (κ1) is 14.8. The molecule has 8 heteroatoms. The number of sulfonamides is 1. The quantitative estimate of drug-likeness (QED) is 0.937. The average molecular weight is 328 g/mol. The van der Waals surface area contributed by atoms with Gasteiger partial charge in [0.15, 0.2) is 15.8 Å². The smallest absolute Gasteiger partial charge is 0.263 e. The summed E-state index contributed by atoms with van der Waals surface area (Å²) in [4.78, 5) is 4.78. The van der Waals surface area contributed by atoms with E-state index in [0.29, 0.717) is 11.5 Å². The van der Waals surface area contributed by atoms with Crippen LogP contribution in [-0.2, 0) is 10.0 Å². The van der Waals surface area contributed by atoms with Crippen molar-refractivity contribution in [3.8, 4) is 0 Å². The van der Waals surface area contributed by atoms with Crippen LogP contribution in [0.15, 0.2) is 16.6 Å². The van der Waals surface area contributed by atoms with Crippen molar-refractivity contribution in [1.82, 2.24) is 13.7 Å². The van der Waals surface area contributed by atoms with Gasteiger partial charge in [-0.2, -0.15) is 4.31 Å². The Kier molecular flexibility index (Phi) is 3.94. The van der Waals surface area contributed by atoms with E-state index in [4.69, 9.17) is 5.73 Å².